The number of anilines is 1. The quantitative estimate of drug-likeness (QED) is 0.533. The standard InChI is InChI=1S/C19H20ClN5O4S/c1-28-14-5-4-11(7-13(14)20)23-15(26)9-30-19-24-16-17(21-10-22-18(16)27)25(19)8-12-3-2-6-29-12/h4-5,7,10,12H,2-3,6,8-9H2,1H3,(H,23,26)(H,21,22,27)/t12-/m1/s1. The van der Waals surface area contributed by atoms with Crippen LogP contribution in [-0.2, 0) is 16.1 Å². The van der Waals surface area contributed by atoms with Crippen molar-refractivity contribution < 1.29 is 14.3 Å². The molecule has 0 radical (unpaired) electrons. The highest BCUT2D eigenvalue weighted by Crippen LogP contribution is 2.28. The molecule has 3 heterocycles. The summed E-state index contributed by atoms with van der Waals surface area (Å²) in [5.74, 6) is 0.416. The molecule has 4 rings (SSSR count). The Bertz CT molecular complexity index is 1130. The van der Waals surface area contributed by atoms with Crippen LogP contribution in [0, 0.1) is 0 Å². The molecule has 0 unspecified atom stereocenters. The number of aromatic nitrogens is 4. The number of ether oxygens (including phenoxy) is 2. The van der Waals surface area contributed by atoms with Gasteiger partial charge in [-0.3, -0.25) is 9.59 Å². The molecule has 1 aromatic carbocycles. The number of amides is 1. The Labute approximate surface area is 181 Å². The average Bonchev–Trinajstić information content (AvgIpc) is 3.36. The number of nitrogens with one attached hydrogen (secondary N) is 2. The second-order valence-corrected chi connectivity index (χ2v) is 8.08. The maximum Gasteiger partial charge on any atom is 0.278 e. The summed E-state index contributed by atoms with van der Waals surface area (Å²) in [4.78, 5) is 35.8. The minimum atomic E-state index is -0.315. The first-order valence-electron chi connectivity index (χ1n) is 9.37. The van der Waals surface area contributed by atoms with Crippen molar-refractivity contribution in [2.24, 2.45) is 0 Å². The van der Waals surface area contributed by atoms with Crippen molar-refractivity contribution in [3.05, 3.63) is 39.9 Å². The summed E-state index contributed by atoms with van der Waals surface area (Å²) < 4.78 is 12.7. The summed E-state index contributed by atoms with van der Waals surface area (Å²) in [6, 6.07) is 5.02. The van der Waals surface area contributed by atoms with E-state index < -0.39 is 0 Å². The molecule has 0 saturated carbocycles. The van der Waals surface area contributed by atoms with Gasteiger partial charge in [0.25, 0.3) is 5.56 Å². The molecule has 1 atom stereocenters. The molecule has 0 aliphatic carbocycles. The molecule has 158 valence electrons. The number of thioether (sulfide) groups is 1. The predicted octanol–water partition coefficient (Wildman–Crippen LogP) is 2.69. The van der Waals surface area contributed by atoms with E-state index in [1.54, 1.807) is 18.2 Å². The van der Waals surface area contributed by atoms with Gasteiger partial charge in [0.05, 0.1) is 36.9 Å². The lowest BCUT2D eigenvalue weighted by atomic mass is 10.2. The SMILES string of the molecule is COc1ccc(NC(=O)CSc2nc3c(=O)[nH]cnc3n2C[C@H]2CCCO2)cc1Cl. The van der Waals surface area contributed by atoms with E-state index in [4.69, 9.17) is 21.1 Å². The van der Waals surface area contributed by atoms with E-state index in [2.05, 4.69) is 20.3 Å². The van der Waals surface area contributed by atoms with E-state index in [9.17, 15) is 9.59 Å². The van der Waals surface area contributed by atoms with Crippen molar-refractivity contribution in [1.82, 2.24) is 19.5 Å². The van der Waals surface area contributed by atoms with Crippen LogP contribution in [-0.4, -0.2) is 51.0 Å². The second-order valence-electron chi connectivity index (χ2n) is 6.73. The number of hydrogen-bond donors (Lipinski definition) is 2. The number of fused-ring (bicyclic) bond motifs is 1. The van der Waals surface area contributed by atoms with Gasteiger partial charge < -0.3 is 24.3 Å². The first kappa shape index (κ1) is 20.7. The first-order chi connectivity index (χ1) is 14.5. The molecule has 0 bridgehead atoms. The van der Waals surface area contributed by atoms with Crippen LogP contribution in [0.25, 0.3) is 11.2 Å². The third kappa shape index (κ3) is 4.45. The highest BCUT2D eigenvalue weighted by atomic mass is 35.5. The van der Waals surface area contributed by atoms with Crippen LogP contribution in [0.4, 0.5) is 5.69 Å². The van der Waals surface area contributed by atoms with Gasteiger partial charge in [-0.1, -0.05) is 23.4 Å². The minimum Gasteiger partial charge on any atom is -0.495 e. The summed E-state index contributed by atoms with van der Waals surface area (Å²) in [6.07, 6.45) is 3.33. The largest absolute Gasteiger partial charge is 0.495 e. The van der Waals surface area contributed by atoms with Crippen molar-refractivity contribution in [1.29, 1.82) is 0 Å². The molecule has 11 heteroatoms. The number of carbonyl (C=O) groups is 1. The number of nitrogens with zero attached hydrogens (tertiary/aromatic N) is 3. The molecule has 9 nitrogen and oxygen atoms in total. The average molecular weight is 450 g/mol. The lowest BCUT2D eigenvalue weighted by molar-refractivity contribution is -0.113. The van der Waals surface area contributed by atoms with Crippen LogP contribution in [0.15, 0.2) is 34.5 Å². The van der Waals surface area contributed by atoms with Crippen LogP contribution < -0.4 is 15.6 Å². The minimum absolute atomic E-state index is 0.0399. The third-order valence-corrected chi connectivity index (χ3v) is 5.95. The van der Waals surface area contributed by atoms with Gasteiger partial charge in [-0.15, -0.1) is 0 Å². The fourth-order valence-electron chi connectivity index (χ4n) is 3.27. The molecule has 3 aromatic rings. The Morgan fingerprint density at radius 2 is 2.37 bits per heavy atom. The van der Waals surface area contributed by atoms with Gasteiger partial charge in [0.2, 0.25) is 5.91 Å². The molecule has 1 aliphatic heterocycles. The second kappa shape index (κ2) is 9.07. The smallest absolute Gasteiger partial charge is 0.278 e. The fraction of sp³-hybridized carbons (Fsp3) is 0.368. The van der Waals surface area contributed by atoms with E-state index in [1.807, 2.05) is 4.57 Å². The van der Waals surface area contributed by atoms with E-state index in [-0.39, 0.29) is 28.8 Å². The highest BCUT2D eigenvalue weighted by Gasteiger charge is 2.22. The van der Waals surface area contributed by atoms with Crippen LogP contribution in [0.1, 0.15) is 12.8 Å². The summed E-state index contributed by atoms with van der Waals surface area (Å²) in [6.45, 7) is 1.26. The molecule has 2 N–H and O–H groups in total. The molecule has 0 spiro atoms. The zero-order valence-electron chi connectivity index (χ0n) is 16.2. The molecule has 1 saturated heterocycles. The Hall–Kier alpha value is -2.56. The van der Waals surface area contributed by atoms with Crippen LogP contribution in [0.2, 0.25) is 5.02 Å². The van der Waals surface area contributed by atoms with Gasteiger partial charge in [0.1, 0.15) is 5.75 Å². The van der Waals surface area contributed by atoms with Crippen molar-refractivity contribution in [2.75, 3.05) is 24.8 Å². The fourth-order valence-corrected chi connectivity index (χ4v) is 4.33. The predicted molar refractivity (Wildman–Crippen MR) is 114 cm³/mol. The number of carbonyl (C=O) groups excluding carboxylic acids is 1. The molecular weight excluding hydrogens is 430 g/mol. The summed E-state index contributed by atoms with van der Waals surface area (Å²) in [5.41, 5.74) is 0.988. The summed E-state index contributed by atoms with van der Waals surface area (Å²) in [7, 11) is 1.53. The van der Waals surface area contributed by atoms with Crippen molar-refractivity contribution in [3.63, 3.8) is 0 Å². The Morgan fingerprint density at radius 1 is 1.50 bits per heavy atom. The monoisotopic (exact) mass is 449 g/mol. The maximum atomic E-state index is 12.4. The van der Waals surface area contributed by atoms with Gasteiger partial charge in [0.15, 0.2) is 16.3 Å². The third-order valence-electron chi connectivity index (χ3n) is 4.68. The molecule has 30 heavy (non-hydrogen) atoms. The van der Waals surface area contributed by atoms with Gasteiger partial charge in [-0.25, -0.2) is 9.97 Å². The van der Waals surface area contributed by atoms with Crippen LogP contribution in [0.3, 0.4) is 0 Å². The number of halogens is 1. The Morgan fingerprint density at radius 3 is 3.10 bits per heavy atom. The number of methoxy groups -OCH3 is 1. The normalized spacial score (nSPS) is 16.1. The van der Waals surface area contributed by atoms with Crippen molar-refractivity contribution >= 4 is 46.1 Å². The molecule has 2 aromatic heterocycles. The lowest BCUT2D eigenvalue weighted by Gasteiger charge is -2.13. The van der Waals surface area contributed by atoms with Gasteiger partial charge >= 0.3 is 0 Å². The number of hydrogen-bond acceptors (Lipinski definition) is 7. The summed E-state index contributed by atoms with van der Waals surface area (Å²) >= 11 is 7.34. The molecule has 1 amide bonds. The van der Waals surface area contributed by atoms with Crippen LogP contribution >= 0.6 is 23.4 Å². The number of rotatable bonds is 7. The molecular formula is C19H20ClN5O4S. The Balaban J connectivity index is 1.50. The van der Waals surface area contributed by atoms with Crippen molar-refractivity contribution in [3.8, 4) is 5.75 Å². The van der Waals surface area contributed by atoms with E-state index in [0.29, 0.717) is 33.8 Å². The number of H-pyrrole nitrogens is 1. The lowest BCUT2D eigenvalue weighted by Crippen LogP contribution is -2.18. The number of aromatic amines is 1. The maximum absolute atomic E-state index is 12.4. The molecule has 1 aliphatic rings. The topological polar surface area (TPSA) is 111 Å². The zero-order chi connectivity index (χ0) is 21.1. The number of imidazole rings is 1. The van der Waals surface area contributed by atoms with Gasteiger partial charge in [-0.05, 0) is 31.0 Å². The number of benzene rings is 1. The van der Waals surface area contributed by atoms with E-state index in [1.165, 1.54) is 25.2 Å². The van der Waals surface area contributed by atoms with E-state index >= 15 is 0 Å². The van der Waals surface area contributed by atoms with Crippen LogP contribution in [0.5, 0.6) is 5.75 Å². The Kier molecular flexibility index (Phi) is 6.26. The van der Waals surface area contributed by atoms with Gasteiger partial charge in [-0.2, -0.15) is 0 Å². The zero-order valence-corrected chi connectivity index (χ0v) is 17.8. The molecule has 1 fully saturated rings. The van der Waals surface area contributed by atoms with E-state index in [0.717, 1.165) is 19.4 Å². The first-order valence-corrected chi connectivity index (χ1v) is 10.7. The van der Waals surface area contributed by atoms with Crippen molar-refractivity contribution in [2.45, 2.75) is 30.6 Å². The van der Waals surface area contributed by atoms with Gasteiger partial charge in [0, 0.05) is 12.3 Å². The highest BCUT2D eigenvalue weighted by molar-refractivity contribution is 7.99. The summed E-state index contributed by atoms with van der Waals surface area (Å²) in [5, 5.41) is 3.75.